The number of para-hydroxylation sites is 2. The van der Waals surface area contributed by atoms with Crippen molar-refractivity contribution in [1.82, 2.24) is 4.57 Å². The largest absolute Gasteiger partial charge is 0.456 e. The van der Waals surface area contributed by atoms with Gasteiger partial charge in [0, 0.05) is 55.9 Å². The molecular formula is C54H38N2O. The van der Waals surface area contributed by atoms with E-state index in [-0.39, 0.29) is 0 Å². The lowest BCUT2D eigenvalue weighted by molar-refractivity contribution is 0.669. The van der Waals surface area contributed by atoms with Gasteiger partial charge in [0.1, 0.15) is 11.2 Å². The molecule has 2 aromatic heterocycles. The molecule has 0 atom stereocenters. The van der Waals surface area contributed by atoms with Crippen molar-refractivity contribution in [2.24, 2.45) is 0 Å². The summed E-state index contributed by atoms with van der Waals surface area (Å²) in [7, 11) is 0. The minimum atomic E-state index is 0.881. The minimum absolute atomic E-state index is 0.881. The lowest BCUT2D eigenvalue weighted by atomic mass is 9.94. The Kier molecular flexibility index (Phi) is 7.96. The molecule has 3 heteroatoms. The van der Waals surface area contributed by atoms with Crippen LogP contribution in [0.15, 0.2) is 211 Å². The Morgan fingerprint density at radius 1 is 0.456 bits per heavy atom. The zero-order chi connectivity index (χ0) is 37.7. The molecule has 1 aliphatic carbocycles. The van der Waals surface area contributed by atoms with Gasteiger partial charge in [0.25, 0.3) is 0 Å². The van der Waals surface area contributed by atoms with Crippen LogP contribution in [0.1, 0.15) is 18.4 Å². The Morgan fingerprint density at radius 3 is 1.89 bits per heavy atom. The molecule has 11 rings (SSSR count). The van der Waals surface area contributed by atoms with E-state index in [0.717, 1.165) is 68.6 Å². The third kappa shape index (κ3) is 5.67. The van der Waals surface area contributed by atoms with Crippen molar-refractivity contribution in [3.8, 4) is 27.9 Å². The lowest BCUT2D eigenvalue weighted by Crippen LogP contribution is -2.10. The summed E-state index contributed by atoms with van der Waals surface area (Å²) in [5.74, 6) is 0. The van der Waals surface area contributed by atoms with Gasteiger partial charge in [-0.3, -0.25) is 0 Å². The first kappa shape index (κ1) is 33.0. The number of anilines is 3. The molecule has 0 saturated heterocycles. The summed E-state index contributed by atoms with van der Waals surface area (Å²) >= 11 is 0. The number of nitrogens with zero attached hydrogens (tertiary/aromatic N) is 2. The van der Waals surface area contributed by atoms with Crippen LogP contribution in [0.4, 0.5) is 17.1 Å². The van der Waals surface area contributed by atoms with Crippen LogP contribution in [-0.4, -0.2) is 4.57 Å². The molecule has 1 aliphatic rings. The van der Waals surface area contributed by atoms with Gasteiger partial charge in [0.15, 0.2) is 0 Å². The van der Waals surface area contributed by atoms with Crippen molar-refractivity contribution in [1.29, 1.82) is 0 Å². The molecule has 0 fully saturated rings. The average molecular weight is 731 g/mol. The maximum Gasteiger partial charge on any atom is 0.138 e. The second-order valence-corrected chi connectivity index (χ2v) is 14.8. The van der Waals surface area contributed by atoms with Crippen molar-refractivity contribution < 1.29 is 4.42 Å². The third-order valence-corrected chi connectivity index (χ3v) is 11.4. The zero-order valence-electron chi connectivity index (χ0n) is 31.3. The van der Waals surface area contributed by atoms with Crippen LogP contribution in [0.3, 0.4) is 0 Å². The van der Waals surface area contributed by atoms with E-state index >= 15 is 0 Å². The molecule has 0 unspecified atom stereocenters. The summed E-state index contributed by atoms with van der Waals surface area (Å²) in [5.41, 5.74) is 15.8. The van der Waals surface area contributed by atoms with E-state index in [0.29, 0.717) is 0 Å². The molecule has 0 aliphatic heterocycles. The molecule has 0 radical (unpaired) electrons. The Morgan fingerprint density at radius 2 is 1.12 bits per heavy atom. The van der Waals surface area contributed by atoms with Crippen molar-refractivity contribution in [2.75, 3.05) is 4.90 Å². The zero-order valence-corrected chi connectivity index (χ0v) is 31.3. The number of hydrogen-bond donors (Lipinski definition) is 0. The molecule has 0 N–H and O–H groups in total. The second-order valence-electron chi connectivity index (χ2n) is 14.8. The SMILES string of the molecule is C1=CCCC(c2cccc(N(c3ccc(-c4ccccc4)cc3)c3ccc4c5c(-c6ccccc6)c6c(cc5n(-c5ccccc5)c4c3)oc3ccccc36)c2)=C1. The van der Waals surface area contributed by atoms with E-state index in [1.807, 2.05) is 6.07 Å². The number of allylic oxidation sites excluding steroid dienone is 4. The Hall–Kier alpha value is -7.36. The molecule has 8 aromatic carbocycles. The van der Waals surface area contributed by atoms with E-state index < -0.39 is 0 Å². The summed E-state index contributed by atoms with van der Waals surface area (Å²) in [6.07, 6.45) is 8.79. The number of aromatic nitrogens is 1. The molecule has 270 valence electrons. The summed E-state index contributed by atoms with van der Waals surface area (Å²) in [6, 6.07) is 67.8. The average Bonchev–Trinajstić information content (AvgIpc) is 3.82. The highest BCUT2D eigenvalue weighted by Crippen LogP contribution is 2.48. The molecule has 0 spiro atoms. The van der Waals surface area contributed by atoms with Crippen LogP contribution in [-0.2, 0) is 0 Å². The topological polar surface area (TPSA) is 21.3 Å². The maximum absolute atomic E-state index is 6.66. The van der Waals surface area contributed by atoms with Gasteiger partial charge in [0.05, 0.1) is 11.0 Å². The first-order valence-electron chi connectivity index (χ1n) is 19.7. The van der Waals surface area contributed by atoms with Crippen LogP contribution in [0.2, 0.25) is 0 Å². The van der Waals surface area contributed by atoms with Gasteiger partial charge in [0.2, 0.25) is 0 Å². The van der Waals surface area contributed by atoms with E-state index in [1.54, 1.807) is 0 Å². The standard InChI is InChI=1S/C54H38N2O/c1-5-16-37(17-6-1)39-28-30-43(31-29-39)55(44-25-15-22-41(34-44)38-18-7-2-8-19-38)45-32-33-46-48(35-45)56(42-23-11-4-12-24-42)49-36-51-54(47-26-13-14-27-50(47)57-51)52(53(46)49)40-20-9-3-10-21-40/h1-7,9-18,20-36H,8,19H2. The molecule has 3 nitrogen and oxygen atoms in total. The van der Waals surface area contributed by atoms with Crippen LogP contribution in [0.5, 0.6) is 0 Å². The van der Waals surface area contributed by atoms with Crippen molar-refractivity contribution in [2.45, 2.75) is 12.8 Å². The smallest absolute Gasteiger partial charge is 0.138 e. The third-order valence-electron chi connectivity index (χ3n) is 11.4. The number of hydrogen-bond acceptors (Lipinski definition) is 2. The fraction of sp³-hybridized carbons (Fsp3) is 0.0370. The number of benzene rings is 8. The van der Waals surface area contributed by atoms with E-state index in [1.165, 1.54) is 44.2 Å². The minimum Gasteiger partial charge on any atom is -0.456 e. The van der Waals surface area contributed by atoms with Gasteiger partial charge in [-0.25, -0.2) is 0 Å². The Bertz CT molecular complexity index is 3150. The molecule has 2 heterocycles. The summed E-state index contributed by atoms with van der Waals surface area (Å²) in [6.45, 7) is 0. The monoisotopic (exact) mass is 730 g/mol. The molecule has 10 aromatic rings. The molecule has 0 amide bonds. The molecule has 0 bridgehead atoms. The van der Waals surface area contributed by atoms with Gasteiger partial charge in [-0.1, -0.05) is 146 Å². The van der Waals surface area contributed by atoms with E-state index in [4.69, 9.17) is 4.42 Å². The van der Waals surface area contributed by atoms with Gasteiger partial charge in [-0.05, 0) is 95.3 Å². The van der Waals surface area contributed by atoms with Crippen LogP contribution in [0.25, 0.3) is 77.3 Å². The Labute approximate surface area is 331 Å². The fourth-order valence-electron chi connectivity index (χ4n) is 8.82. The van der Waals surface area contributed by atoms with Crippen LogP contribution < -0.4 is 4.90 Å². The second kappa shape index (κ2) is 13.7. The maximum atomic E-state index is 6.66. The van der Waals surface area contributed by atoms with Gasteiger partial charge >= 0.3 is 0 Å². The normalized spacial score (nSPS) is 12.8. The lowest BCUT2D eigenvalue weighted by Gasteiger charge is -2.27. The van der Waals surface area contributed by atoms with Gasteiger partial charge < -0.3 is 13.9 Å². The summed E-state index contributed by atoms with van der Waals surface area (Å²) < 4.78 is 9.08. The van der Waals surface area contributed by atoms with Crippen molar-refractivity contribution >= 4 is 66.4 Å². The number of rotatable bonds is 7. The van der Waals surface area contributed by atoms with Gasteiger partial charge in [-0.15, -0.1) is 0 Å². The molecule has 0 saturated carbocycles. The molecule has 57 heavy (non-hydrogen) atoms. The number of furan rings is 1. The highest BCUT2D eigenvalue weighted by Gasteiger charge is 2.24. The van der Waals surface area contributed by atoms with Gasteiger partial charge in [-0.2, -0.15) is 0 Å². The van der Waals surface area contributed by atoms with E-state index in [2.05, 4.69) is 210 Å². The fourth-order valence-corrected chi connectivity index (χ4v) is 8.82. The predicted octanol–water partition coefficient (Wildman–Crippen LogP) is 15.2. The highest BCUT2D eigenvalue weighted by atomic mass is 16.3. The predicted molar refractivity (Wildman–Crippen MR) is 240 cm³/mol. The highest BCUT2D eigenvalue weighted by molar-refractivity contribution is 6.27. The Balaban J connectivity index is 1.19. The first-order valence-corrected chi connectivity index (χ1v) is 19.7. The van der Waals surface area contributed by atoms with Crippen LogP contribution in [0, 0.1) is 0 Å². The van der Waals surface area contributed by atoms with E-state index in [9.17, 15) is 0 Å². The van der Waals surface area contributed by atoms with Crippen molar-refractivity contribution in [3.05, 3.63) is 212 Å². The summed E-state index contributed by atoms with van der Waals surface area (Å²) in [4.78, 5) is 2.40. The molecular weight excluding hydrogens is 693 g/mol. The van der Waals surface area contributed by atoms with Crippen molar-refractivity contribution in [3.63, 3.8) is 0 Å². The first-order chi connectivity index (χ1) is 28.3. The number of fused-ring (bicyclic) bond motifs is 6. The van der Waals surface area contributed by atoms with Crippen LogP contribution >= 0.6 is 0 Å². The summed E-state index contributed by atoms with van der Waals surface area (Å²) in [5, 5.41) is 4.67. The quantitative estimate of drug-likeness (QED) is 0.163.